The summed E-state index contributed by atoms with van der Waals surface area (Å²) in [6.07, 6.45) is 0. The zero-order valence-electron chi connectivity index (χ0n) is 10.9. The summed E-state index contributed by atoms with van der Waals surface area (Å²) < 4.78 is 0.781. The smallest absolute Gasteiger partial charge is 0.243 e. The van der Waals surface area contributed by atoms with Crippen LogP contribution in [0.4, 0.5) is 23.5 Å². The highest BCUT2D eigenvalue weighted by Gasteiger charge is 2.08. The molecule has 0 bridgehead atoms. The van der Waals surface area contributed by atoms with Crippen molar-refractivity contribution >= 4 is 51.1 Å². The van der Waals surface area contributed by atoms with E-state index in [0.29, 0.717) is 16.9 Å². The van der Waals surface area contributed by atoms with Crippen LogP contribution in [0.2, 0.25) is 5.02 Å². The Labute approximate surface area is 129 Å². The van der Waals surface area contributed by atoms with E-state index in [4.69, 9.17) is 17.4 Å². The van der Waals surface area contributed by atoms with E-state index in [2.05, 4.69) is 41.6 Å². The number of hydrazine groups is 1. The predicted molar refractivity (Wildman–Crippen MR) is 84.4 cm³/mol. The lowest BCUT2D eigenvalue weighted by Gasteiger charge is -2.13. The first-order chi connectivity index (χ1) is 9.49. The van der Waals surface area contributed by atoms with Crippen molar-refractivity contribution in [1.82, 2.24) is 15.0 Å². The van der Waals surface area contributed by atoms with Gasteiger partial charge >= 0.3 is 0 Å². The maximum atomic E-state index is 5.95. The number of hydrogen-bond donors (Lipinski definition) is 3. The van der Waals surface area contributed by atoms with E-state index in [0.717, 1.165) is 10.2 Å². The summed E-state index contributed by atoms with van der Waals surface area (Å²) in [6, 6.07) is 5.42. The summed E-state index contributed by atoms with van der Waals surface area (Å²) in [7, 11) is 3.66. The van der Waals surface area contributed by atoms with Crippen molar-refractivity contribution in [1.29, 1.82) is 0 Å². The van der Waals surface area contributed by atoms with Gasteiger partial charge in [-0.3, -0.25) is 5.43 Å². The van der Waals surface area contributed by atoms with Gasteiger partial charge in [0.05, 0.1) is 5.02 Å². The molecule has 0 atom stereocenters. The molecule has 4 N–H and O–H groups in total. The Morgan fingerprint density at radius 3 is 2.50 bits per heavy atom. The Kier molecular flexibility index (Phi) is 4.58. The summed E-state index contributed by atoms with van der Waals surface area (Å²) in [4.78, 5) is 14.3. The van der Waals surface area contributed by atoms with E-state index in [1.54, 1.807) is 11.0 Å². The number of aromatic nitrogens is 3. The van der Waals surface area contributed by atoms with Crippen molar-refractivity contribution in [2.24, 2.45) is 5.84 Å². The molecule has 106 valence electrons. The van der Waals surface area contributed by atoms with Crippen molar-refractivity contribution < 1.29 is 0 Å². The second kappa shape index (κ2) is 6.21. The number of rotatable bonds is 4. The highest BCUT2D eigenvalue weighted by atomic mass is 79.9. The van der Waals surface area contributed by atoms with Crippen LogP contribution in [-0.2, 0) is 0 Å². The quantitative estimate of drug-likeness (QED) is 0.571. The number of nitrogen functional groups attached to an aromatic ring is 1. The predicted octanol–water partition coefficient (Wildman–Crippen LogP) is 2.38. The monoisotopic (exact) mass is 357 g/mol. The Balaban J connectivity index is 2.32. The molecule has 0 fully saturated rings. The minimum Gasteiger partial charge on any atom is -0.347 e. The highest BCUT2D eigenvalue weighted by Crippen LogP contribution is 2.27. The van der Waals surface area contributed by atoms with Gasteiger partial charge in [0.2, 0.25) is 17.8 Å². The fourth-order valence-corrected chi connectivity index (χ4v) is 1.88. The van der Waals surface area contributed by atoms with Crippen LogP contribution in [0, 0.1) is 0 Å². The Hall–Kier alpha value is -1.64. The molecule has 0 spiro atoms. The maximum absolute atomic E-state index is 5.95. The van der Waals surface area contributed by atoms with E-state index in [9.17, 15) is 0 Å². The SMILES string of the molecule is CN(C)c1nc(NN)nc(Nc2ccc(Cl)c(Br)c2)n1. The van der Waals surface area contributed by atoms with Crippen LogP contribution < -0.4 is 21.5 Å². The van der Waals surface area contributed by atoms with Crippen molar-refractivity contribution in [2.75, 3.05) is 29.7 Å². The van der Waals surface area contributed by atoms with Crippen molar-refractivity contribution in [2.45, 2.75) is 0 Å². The molecule has 20 heavy (non-hydrogen) atoms. The largest absolute Gasteiger partial charge is 0.347 e. The Morgan fingerprint density at radius 2 is 1.90 bits per heavy atom. The molecule has 1 aromatic carbocycles. The third-order valence-electron chi connectivity index (χ3n) is 2.33. The molecule has 7 nitrogen and oxygen atoms in total. The molecule has 2 rings (SSSR count). The lowest BCUT2D eigenvalue weighted by atomic mass is 10.3. The van der Waals surface area contributed by atoms with Crippen LogP contribution in [0.25, 0.3) is 0 Å². The summed E-state index contributed by atoms with van der Waals surface area (Å²) in [5, 5.41) is 3.70. The number of nitrogens with one attached hydrogen (secondary N) is 2. The van der Waals surface area contributed by atoms with Crippen LogP contribution in [0.15, 0.2) is 22.7 Å². The van der Waals surface area contributed by atoms with Gasteiger partial charge in [0, 0.05) is 24.3 Å². The van der Waals surface area contributed by atoms with E-state index in [1.165, 1.54) is 0 Å². The average molecular weight is 359 g/mol. The van der Waals surface area contributed by atoms with Gasteiger partial charge in [-0.15, -0.1) is 0 Å². The third kappa shape index (κ3) is 3.47. The number of hydrogen-bond acceptors (Lipinski definition) is 7. The van der Waals surface area contributed by atoms with E-state index < -0.39 is 0 Å². The summed E-state index contributed by atoms with van der Waals surface area (Å²) in [6.45, 7) is 0. The number of nitrogens with zero attached hydrogens (tertiary/aromatic N) is 4. The molecule has 0 amide bonds. The molecule has 0 saturated carbocycles. The van der Waals surface area contributed by atoms with Gasteiger partial charge in [-0.1, -0.05) is 11.6 Å². The molecular weight excluding hydrogens is 346 g/mol. The van der Waals surface area contributed by atoms with Crippen LogP contribution in [0.1, 0.15) is 0 Å². The van der Waals surface area contributed by atoms with Gasteiger partial charge in [0.25, 0.3) is 0 Å². The fourth-order valence-electron chi connectivity index (χ4n) is 1.39. The number of benzene rings is 1. The topological polar surface area (TPSA) is 92.0 Å². The second-order valence-corrected chi connectivity index (χ2v) is 5.34. The van der Waals surface area contributed by atoms with Gasteiger partial charge in [-0.2, -0.15) is 15.0 Å². The van der Waals surface area contributed by atoms with Crippen molar-refractivity contribution in [3.05, 3.63) is 27.7 Å². The van der Waals surface area contributed by atoms with Crippen LogP contribution in [0.5, 0.6) is 0 Å². The first-order valence-corrected chi connectivity index (χ1v) is 6.79. The average Bonchev–Trinajstić information content (AvgIpc) is 2.42. The molecule has 0 radical (unpaired) electrons. The molecule has 0 aliphatic heterocycles. The Bertz CT molecular complexity index is 620. The lowest BCUT2D eigenvalue weighted by molar-refractivity contribution is 0.957. The summed E-state index contributed by atoms with van der Waals surface area (Å²) in [5.41, 5.74) is 3.20. The third-order valence-corrected chi connectivity index (χ3v) is 3.54. The van der Waals surface area contributed by atoms with Crippen molar-refractivity contribution in [3.8, 4) is 0 Å². The Morgan fingerprint density at radius 1 is 1.20 bits per heavy atom. The van der Waals surface area contributed by atoms with Gasteiger partial charge in [0.1, 0.15) is 0 Å². The van der Waals surface area contributed by atoms with Crippen molar-refractivity contribution in [3.63, 3.8) is 0 Å². The molecule has 1 aromatic heterocycles. The van der Waals surface area contributed by atoms with Crippen LogP contribution in [0.3, 0.4) is 0 Å². The molecule has 0 unspecified atom stereocenters. The maximum Gasteiger partial charge on any atom is 0.243 e. The molecule has 9 heteroatoms. The van der Waals surface area contributed by atoms with Gasteiger partial charge < -0.3 is 10.2 Å². The molecule has 1 heterocycles. The zero-order chi connectivity index (χ0) is 14.7. The minimum atomic E-state index is 0.277. The van der Waals surface area contributed by atoms with E-state index in [-0.39, 0.29) is 5.95 Å². The summed E-state index contributed by atoms with van der Waals surface area (Å²) in [5.74, 6) is 6.50. The zero-order valence-corrected chi connectivity index (χ0v) is 13.2. The standard InChI is InChI=1S/C11H13BrClN7/c1-20(2)11-17-9(16-10(18-11)19-14)15-6-3-4-8(13)7(12)5-6/h3-5H,14H2,1-2H3,(H2,15,16,17,18,19). The fraction of sp³-hybridized carbons (Fsp3) is 0.182. The normalized spacial score (nSPS) is 10.2. The molecule has 2 aromatic rings. The first-order valence-electron chi connectivity index (χ1n) is 5.61. The van der Waals surface area contributed by atoms with Crippen LogP contribution in [-0.4, -0.2) is 29.0 Å². The number of halogens is 2. The first kappa shape index (κ1) is 14.8. The second-order valence-electron chi connectivity index (χ2n) is 4.08. The van der Waals surface area contributed by atoms with Crippen LogP contribution >= 0.6 is 27.5 Å². The lowest BCUT2D eigenvalue weighted by Crippen LogP contribution is -2.18. The number of nitrogens with two attached hydrogens (primary N) is 1. The van der Waals surface area contributed by atoms with E-state index >= 15 is 0 Å². The van der Waals surface area contributed by atoms with Gasteiger partial charge in [-0.25, -0.2) is 5.84 Å². The minimum absolute atomic E-state index is 0.277. The molecule has 0 aliphatic carbocycles. The van der Waals surface area contributed by atoms with Gasteiger partial charge in [-0.05, 0) is 34.1 Å². The molecule has 0 aliphatic rings. The highest BCUT2D eigenvalue weighted by molar-refractivity contribution is 9.10. The number of anilines is 4. The molecular formula is C11H13BrClN7. The van der Waals surface area contributed by atoms with E-state index in [1.807, 2.05) is 26.2 Å². The molecule has 0 saturated heterocycles. The van der Waals surface area contributed by atoms with Gasteiger partial charge in [0.15, 0.2) is 0 Å². The summed E-state index contributed by atoms with van der Waals surface area (Å²) >= 11 is 9.31.